The predicted octanol–water partition coefficient (Wildman–Crippen LogP) is 6.44. The van der Waals surface area contributed by atoms with E-state index in [1.807, 2.05) is 59.5 Å². The molecule has 2 saturated heterocycles. The highest BCUT2D eigenvalue weighted by Crippen LogP contribution is 2.35. The summed E-state index contributed by atoms with van der Waals surface area (Å²) in [5.74, 6) is 0.0265. The van der Waals surface area contributed by atoms with Crippen LogP contribution >= 0.6 is 11.8 Å². The zero-order valence-electron chi connectivity index (χ0n) is 19.5. The molecule has 0 spiro atoms. The molecule has 0 bridgehead atoms. The van der Waals surface area contributed by atoms with E-state index in [2.05, 4.69) is 42.2 Å². The van der Waals surface area contributed by atoms with E-state index in [-0.39, 0.29) is 5.91 Å². The van der Waals surface area contributed by atoms with Crippen molar-refractivity contribution >= 4 is 40.3 Å². The third-order valence-corrected chi connectivity index (χ3v) is 7.35. The highest BCUT2D eigenvalue weighted by atomic mass is 32.2. The number of para-hydroxylation sites is 1. The van der Waals surface area contributed by atoms with Crippen LogP contribution in [0.4, 0.5) is 11.4 Å². The van der Waals surface area contributed by atoms with E-state index in [9.17, 15) is 4.79 Å². The fourth-order valence-electron chi connectivity index (χ4n) is 4.42. The maximum atomic E-state index is 13.5. The number of amidine groups is 1. The number of carbonyl (C=O) groups is 1. The summed E-state index contributed by atoms with van der Waals surface area (Å²) in [5, 5.41) is 0.740. The minimum absolute atomic E-state index is 0.0265. The molecule has 5 heteroatoms. The van der Waals surface area contributed by atoms with E-state index < -0.39 is 0 Å². The molecule has 3 aromatic rings. The molecule has 0 saturated carbocycles. The minimum atomic E-state index is 0.0265. The van der Waals surface area contributed by atoms with Crippen molar-refractivity contribution in [2.75, 3.05) is 24.5 Å². The van der Waals surface area contributed by atoms with Gasteiger partial charge < -0.3 is 4.90 Å². The Kier molecular flexibility index (Phi) is 6.82. The van der Waals surface area contributed by atoms with Crippen LogP contribution < -0.4 is 4.90 Å². The Morgan fingerprint density at radius 2 is 1.65 bits per heavy atom. The normalized spacial score (nSPS) is 18.4. The SMILES string of the molecule is Cc1cc(N2CCCC2)ccc1/C=C1\SC(=Nc2ccccc2)N(CCc2ccccc2)C1=O. The predicted molar refractivity (Wildman–Crippen MR) is 144 cm³/mol. The maximum absolute atomic E-state index is 13.5. The van der Waals surface area contributed by atoms with Gasteiger partial charge in [-0.1, -0.05) is 54.6 Å². The van der Waals surface area contributed by atoms with Crippen molar-refractivity contribution in [3.63, 3.8) is 0 Å². The van der Waals surface area contributed by atoms with Crippen molar-refractivity contribution in [3.05, 3.63) is 100 Å². The van der Waals surface area contributed by atoms with Gasteiger partial charge in [0.05, 0.1) is 10.6 Å². The van der Waals surface area contributed by atoms with E-state index in [4.69, 9.17) is 4.99 Å². The van der Waals surface area contributed by atoms with Gasteiger partial charge in [-0.3, -0.25) is 9.69 Å². The summed E-state index contributed by atoms with van der Waals surface area (Å²) in [6, 6.07) is 26.7. The van der Waals surface area contributed by atoms with Crippen molar-refractivity contribution in [3.8, 4) is 0 Å². The van der Waals surface area contributed by atoms with Crippen molar-refractivity contribution in [2.24, 2.45) is 4.99 Å². The molecule has 0 N–H and O–H groups in total. The minimum Gasteiger partial charge on any atom is -0.372 e. The van der Waals surface area contributed by atoms with Crippen molar-refractivity contribution in [1.29, 1.82) is 0 Å². The highest BCUT2D eigenvalue weighted by molar-refractivity contribution is 8.18. The molecule has 34 heavy (non-hydrogen) atoms. The molecule has 2 aliphatic heterocycles. The van der Waals surface area contributed by atoms with Crippen LogP contribution in [0.1, 0.15) is 29.5 Å². The Hall–Kier alpha value is -3.31. The average molecular weight is 468 g/mol. The molecule has 1 amide bonds. The summed E-state index contributed by atoms with van der Waals surface area (Å²) in [4.78, 5) is 23.3. The number of benzene rings is 3. The van der Waals surface area contributed by atoms with Crippen LogP contribution in [-0.2, 0) is 11.2 Å². The van der Waals surface area contributed by atoms with Gasteiger partial charge in [0.2, 0.25) is 0 Å². The number of aliphatic imine (C=N–C) groups is 1. The van der Waals surface area contributed by atoms with Gasteiger partial charge in [-0.2, -0.15) is 0 Å². The van der Waals surface area contributed by atoms with E-state index >= 15 is 0 Å². The number of amides is 1. The Balaban J connectivity index is 1.41. The number of rotatable bonds is 6. The van der Waals surface area contributed by atoms with Crippen LogP contribution in [0.2, 0.25) is 0 Å². The van der Waals surface area contributed by atoms with Crippen LogP contribution in [0, 0.1) is 6.92 Å². The molecule has 172 valence electrons. The van der Waals surface area contributed by atoms with E-state index in [1.54, 1.807) is 0 Å². The third-order valence-electron chi connectivity index (χ3n) is 6.35. The average Bonchev–Trinajstić information content (AvgIpc) is 3.50. The smallest absolute Gasteiger partial charge is 0.266 e. The first-order valence-corrected chi connectivity index (χ1v) is 12.7. The van der Waals surface area contributed by atoms with E-state index in [0.29, 0.717) is 6.54 Å². The fourth-order valence-corrected chi connectivity index (χ4v) is 5.44. The number of carbonyl (C=O) groups excluding carboxylic acids is 1. The molecular formula is C29H29N3OS. The fraction of sp³-hybridized carbons (Fsp3) is 0.241. The molecule has 5 rings (SSSR count). The topological polar surface area (TPSA) is 35.9 Å². The molecular weight excluding hydrogens is 438 g/mol. The molecule has 2 fully saturated rings. The lowest BCUT2D eigenvalue weighted by Gasteiger charge is -2.18. The summed E-state index contributed by atoms with van der Waals surface area (Å²) in [6.07, 6.45) is 5.34. The van der Waals surface area contributed by atoms with Crippen molar-refractivity contribution in [1.82, 2.24) is 4.90 Å². The van der Waals surface area contributed by atoms with Gasteiger partial charge in [0.25, 0.3) is 5.91 Å². The number of hydrogen-bond donors (Lipinski definition) is 0. The maximum Gasteiger partial charge on any atom is 0.266 e. The summed E-state index contributed by atoms with van der Waals surface area (Å²) >= 11 is 1.47. The van der Waals surface area contributed by atoms with Gasteiger partial charge >= 0.3 is 0 Å². The second kappa shape index (κ2) is 10.3. The molecule has 0 radical (unpaired) electrons. The monoisotopic (exact) mass is 467 g/mol. The van der Waals surface area contributed by atoms with Crippen LogP contribution in [0.15, 0.2) is 88.8 Å². The summed E-state index contributed by atoms with van der Waals surface area (Å²) < 4.78 is 0. The second-order valence-corrected chi connectivity index (χ2v) is 9.78. The molecule has 0 unspecified atom stereocenters. The molecule has 0 aromatic heterocycles. The largest absolute Gasteiger partial charge is 0.372 e. The number of aryl methyl sites for hydroxylation is 1. The molecule has 0 atom stereocenters. The van der Waals surface area contributed by atoms with Crippen LogP contribution in [-0.4, -0.2) is 35.6 Å². The lowest BCUT2D eigenvalue weighted by Crippen LogP contribution is -2.31. The first kappa shape index (κ1) is 22.5. The van der Waals surface area contributed by atoms with E-state index in [0.717, 1.165) is 40.8 Å². The van der Waals surface area contributed by atoms with Gasteiger partial charge in [0, 0.05) is 25.3 Å². The zero-order chi connectivity index (χ0) is 23.3. The molecule has 2 aliphatic rings. The summed E-state index contributed by atoms with van der Waals surface area (Å²) in [6.45, 7) is 4.99. The molecule has 3 aromatic carbocycles. The first-order valence-electron chi connectivity index (χ1n) is 11.9. The van der Waals surface area contributed by atoms with Gasteiger partial charge in [-0.05, 0) is 85.0 Å². The summed E-state index contributed by atoms with van der Waals surface area (Å²) in [5.41, 5.74) is 5.62. The van der Waals surface area contributed by atoms with Crippen LogP contribution in [0.5, 0.6) is 0 Å². The standard InChI is InChI=1S/C29H29N3OS/c1-22-20-26(31-17-8-9-18-31)15-14-24(22)21-27-28(33)32(19-16-23-10-4-2-5-11-23)29(34-27)30-25-12-6-3-7-13-25/h2-7,10-15,20-21H,8-9,16-19H2,1H3/b27-21-,30-29?. The zero-order valence-corrected chi connectivity index (χ0v) is 20.3. The van der Waals surface area contributed by atoms with Gasteiger partial charge in [0.1, 0.15) is 0 Å². The van der Waals surface area contributed by atoms with Gasteiger partial charge in [0.15, 0.2) is 5.17 Å². The Morgan fingerprint density at radius 1 is 0.941 bits per heavy atom. The second-order valence-electron chi connectivity index (χ2n) is 8.77. The van der Waals surface area contributed by atoms with Gasteiger partial charge in [-0.25, -0.2) is 4.99 Å². The molecule has 2 heterocycles. The van der Waals surface area contributed by atoms with Crippen LogP contribution in [0.3, 0.4) is 0 Å². The highest BCUT2D eigenvalue weighted by Gasteiger charge is 2.33. The number of thioether (sulfide) groups is 1. The third kappa shape index (κ3) is 5.10. The quantitative estimate of drug-likeness (QED) is 0.391. The Labute approximate surface area is 206 Å². The lowest BCUT2D eigenvalue weighted by molar-refractivity contribution is -0.122. The van der Waals surface area contributed by atoms with Gasteiger partial charge in [-0.15, -0.1) is 0 Å². The molecule has 4 nitrogen and oxygen atoms in total. The molecule has 0 aliphatic carbocycles. The first-order chi connectivity index (χ1) is 16.7. The summed E-state index contributed by atoms with van der Waals surface area (Å²) in [7, 11) is 0. The van der Waals surface area contributed by atoms with E-state index in [1.165, 1.54) is 41.4 Å². The van der Waals surface area contributed by atoms with Crippen molar-refractivity contribution in [2.45, 2.75) is 26.2 Å². The van der Waals surface area contributed by atoms with Crippen molar-refractivity contribution < 1.29 is 4.79 Å². The number of anilines is 1. The lowest BCUT2D eigenvalue weighted by atomic mass is 10.1. The number of hydrogen-bond acceptors (Lipinski definition) is 4. The number of nitrogens with zero attached hydrogens (tertiary/aromatic N) is 3. The van der Waals surface area contributed by atoms with Crippen LogP contribution in [0.25, 0.3) is 6.08 Å². The Morgan fingerprint density at radius 3 is 2.35 bits per heavy atom. The Bertz CT molecular complexity index is 1210.